The molecule has 5 aliphatic rings. The summed E-state index contributed by atoms with van der Waals surface area (Å²) < 4.78 is 68.1. The molecule has 0 radical (unpaired) electrons. The summed E-state index contributed by atoms with van der Waals surface area (Å²) in [6, 6.07) is 0. The second kappa shape index (κ2) is 28.6. The first-order chi connectivity index (χ1) is 33.1. The fraction of sp³-hybridized carbons (Fsp3) is 1.00. The summed E-state index contributed by atoms with van der Waals surface area (Å²) >= 11 is 0. The molecule has 10 unspecified atom stereocenters. The van der Waals surface area contributed by atoms with Crippen LogP contribution in [0.1, 0.15) is 0 Å². The van der Waals surface area contributed by atoms with E-state index in [1.165, 1.54) is 21.3 Å². The van der Waals surface area contributed by atoms with Gasteiger partial charge >= 0.3 is 0 Å². The molecule has 69 heavy (non-hydrogen) atoms. The van der Waals surface area contributed by atoms with E-state index in [4.69, 9.17) is 56.8 Å². The fourth-order valence-electron chi connectivity index (χ4n) is 9.90. The quantitative estimate of drug-likeness (QED) is 0.0383. The third-order valence-electron chi connectivity index (χ3n) is 14.1. The number of ether oxygens (including phenoxy) is 12. The van der Waals surface area contributed by atoms with Crippen molar-refractivity contribution in [3.8, 4) is 0 Å². The van der Waals surface area contributed by atoms with Gasteiger partial charge in [-0.3, -0.25) is 0 Å². The van der Waals surface area contributed by atoms with Gasteiger partial charge in [-0.1, -0.05) is 0 Å². The zero-order chi connectivity index (χ0) is 50.5. The molecule has 0 spiro atoms. The van der Waals surface area contributed by atoms with E-state index < -0.39 is 185 Å². The number of hydrogen-bond acceptors (Lipinski definition) is 26. The van der Waals surface area contributed by atoms with Crippen LogP contribution in [0.25, 0.3) is 0 Å². The zero-order valence-corrected chi connectivity index (χ0v) is 39.2. The van der Waals surface area contributed by atoms with Crippen LogP contribution in [0.4, 0.5) is 0 Å². The predicted molar refractivity (Wildman–Crippen MR) is 228 cm³/mol. The van der Waals surface area contributed by atoms with Gasteiger partial charge in [0.1, 0.15) is 61.0 Å². The van der Waals surface area contributed by atoms with E-state index in [0.717, 1.165) is 0 Å². The molecule has 5 rings (SSSR count). The van der Waals surface area contributed by atoms with Crippen LogP contribution >= 0.6 is 0 Å². The zero-order valence-electron chi connectivity index (χ0n) is 39.2. The molecule has 0 aromatic rings. The van der Waals surface area contributed by atoms with Crippen molar-refractivity contribution >= 4 is 0 Å². The SMILES string of the molecule is COC[C@@H]1C(CO)O[C@H](COCC2O[C@H](COC[C@@H]3C(CO)O[C@H](COC[C@@H]4C(CO)O[C@H](COC)C(O)[C@@H]4O)C(O)[C@@H]3O)C(O)[C@H](O)[C@@H]2COC[C@H]2OC(CO)[C@@H](COC)[C@@H](O)C2O)C(O)[C@@H]1O. The Morgan fingerprint density at radius 3 is 0.710 bits per heavy atom. The Balaban J connectivity index is 1.19. The van der Waals surface area contributed by atoms with Crippen molar-refractivity contribution in [3.63, 3.8) is 0 Å². The maximum Gasteiger partial charge on any atom is 0.110 e. The normalized spacial score (nSPS) is 45.4. The van der Waals surface area contributed by atoms with Gasteiger partial charge in [-0.15, -0.1) is 0 Å². The van der Waals surface area contributed by atoms with Gasteiger partial charge < -0.3 is 128 Å². The average molecular weight is 1010 g/mol. The third-order valence-corrected chi connectivity index (χ3v) is 14.1. The van der Waals surface area contributed by atoms with Crippen molar-refractivity contribution in [2.75, 3.05) is 120 Å². The second-order valence-corrected chi connectivity index (χ2v) is 18.5. The molecule has 0 aromatic carbocycles. The summed E-state index contributed by atoms with van der Waals surface area (Å²) in [7, 11) is 4.19. The van der Waals surface area contributed by atoms with E-state index >= 15 is 0 Å². The number of rotatable bonds is 26. The standard InChI is InChI=1S/C43H78O26/c1-58-8-19-24(4-44)66-30(40(54)34(19)48)16-63-12-23-28(14-64-18-32-41(55)35(49)20(9-59-2)25(5-45)67-32)69-33(43(57)38(23)52)17-62-11-22-27(7-47)68-31(42(56)37(22)51)15-61-10-21-26(6-46)65-29(13-60-3)39(53)36(21)50/h19-57H,4-18H2,1-3H3/t19-,20-,21-,22-,23-,24?,25?,26?,27?,28?,29-,30-,31-,32-,33-,34-,35-,36-,37-,38-,39?,40?,41?,42?,43?/m1/s1. The lowest BCUT2D eigenvalue weighted by atomic mass is 9.86. The van der Waals surface area contributed by atoms with Crippen molar-refractivity contribution in [1.29, 1.82) is 0 Å². The second-order valence-electron chi connectivity index (χ2n) is 18.5. The minimum Gasteiger partial charge on any atom is -0.394 e. The van der Waals surface area contributed by atoms with Gasteiger partial charge in [0.15, 0.2) is 0 Å². The van der Waals surface area contributed by atoms with E-state index in [1.54, 1.807) is 0 Å². The van der Waals surface area contributed by atoms with E-state index in [0.29, 0.717) is 0 Å². The van der Waals surface area contributed by atoms with Crippen LogP contribution in [0.3, 0.4) is 0 Å². The van der Waals surface area contributed by atoms with Crippen LogP contribution in [-0.2, 0) is 56.8 Å². The molecule has 14 N–H and O–H groups in total. The van der Waals surface area contributed by atoms with Crippen molar-refractivity contribution in [2.24, 2.45) is 29.6 Å². The van der Waals surface area contributed by atoms with E-state index in [1.807, 2.05) is 0 Å². The Hall–Kier alpha value is -1.04. The molecule has 5 heterocycles. The lowest BCUT2D eigenvalue weighted by molar-refractivity contribution is -0.256. The maximum absolute atomic E-state index is 11.5. The number of methoxy groups -OCH3 is 3. The monoisotopic (exact) mass is 1010 g/mol. The van der Waals surface area contributed by atoms with Gasteiger partial charge in [0.2, 0.25) is 0 Å². The highest BCUT2D eigenvalue weighted by atomic mass is 16.6. The average Bonchev–Trinajstić information content (AvgIpc) is 3.34. The summed E-state index contributed by atoms with van der Waals surface area (Å²) in [4.78, 5) is 0. The molecular weight excluding hydrogens is 932 g/mol. The first kappa shape index (κ1) is 58.8. The molecule has 25 atom stereocenters. The highest BCUT2D eigenvalue weighted by Gasteiger charge is 2.50. The summed E-state index contributed by atoms with van der Waals surface area (Å²) in [5.74, 6) is -4.39. The Morgan fingerprint density at radius 1 is 0.246 bits per heavy atom. The Bertz CT molecular complexity index is 1420. The van der Waals surface area contributed by atoms with Gasteiger partial charge in [-0.05, 0) is 0 Å². The minimum atomic E-state index is -1.61. The summed E-state index contributed by atoms with van der Waals surface area (Å²) in [5, 5.41) is 149. The smallest absolute Gasteiger partial charge is 0.110 e. The first-order valence-corrected chi connectivity index (χ1v) is 23.4. The van der Waals surface area contributed by atoms with Crippen LogP contribution in [-0.4, -0.2) is 314 Å². The van der Waals surface area contributed by atoms with E-state index in [-0.39, 0.29) is 66.1 Å². The van der Waals surface area contributed by atoms with Gasteiger partial charge in [0, 0.05) is 50.9 Å². The molecule has 0 amide bonds. The van der Waals surface area contributed by atoms with E-state index in [2.05, 4.69) is 0 Å². The van der Waals surface area contributed by atoms with Crippen LogP contribution in [0.2, 0.25) is 0 Å². The minimum absolute atomic E-state index is 0.000583. The largest absolute Gasteiger partial charge is 0.394 e. The molecule has 26 nitrogen and oxygen atoms in total. The van der Waals surface area contributed by atoms with Crippen LogP contribution in [0.15, 0.2) is 0 Å². The summed E-state index contributed by atoms with van der Waals surface area (Å²) in [6.45, 7) is -4.69. The molecule has 0 aliphatic carbocycles. The molecular formula is C43H78O26. The molecule has 5 aliphatic heterocycles. The Morgan fingerprint density at radius 2 is 0.449 bits per heavy atom. The number of hydrogen-bond donors (Lipinski definition) is 14. The third kappa shape index (κ3) is 14.4. The van der Waals surface area contributed by atoms with Crippen molar-refractivity contribution in [2.45, 2.75) is 122 Å². The first-order valence-electron chi connectivity index (χ1n) is 23.4. The lowest BCUT2D eigenvalue weighted by Crippen LogP contribution is -2.60. The Kier molecular flexibility index (Phi) is 24.4. The summed E-state index contributed by atoms with van der Waals surface area (Å²) in [5.41, 5.74) is 0. The molecule has 5 fully saturated rings. The molecule has 0 bridgehead atoms. The predicted octanol–water partition coefficient (Wildman–Crippen LogP) is -8.51. The maximum atomic E-state index is 11.5. The van der Waals surface area contributed by atoms with Gasteiger partial charge in [0.25, 0.3) is 0 Å². The van der Waals surface area contributed by atoms with Crippen LogP contribution in [0.5, 0.6) is 0 Å². The Labute approximate surface area is 400 Å². The van der Waals surface area contributed by atoms with Crippen molar-refractivity contribution in [1.82, 2.24) is 0 Å². The topological polar surface area (TPSA) is 394 Å². The lowest BCUT2D eigenvalue weighted by Gasteiger charge is -2.45. The number of aliphatic hydroxyl groups excluding tert-OH is 14. The van der Waals surface area contributed by atoms with Crippen molar-refractivity contribution < 1.29 is 128 Å². The van der Waals surface area contributed by atoms with Crippen molar-refractivity contribution in [3.05, 3.63) is 0 Å². The highest BCUT2D eigenvalue weighted by molar-refractivity contribution is 4.97. The molecule has 26 heteroatoms. The molecule has 0 aromatic heterocycles. The highest BCUT2D eigenvalue weighted by Crippen LogP contribution is 2.33. The van der Waals surface area contributed by atoms with Crippen LogP contribution < -0.4 is 0 Å². The van der Waals surface area contributed by atoms with Gasteiger partial charge in [-0.2, -0.15) is 0 Å². The molecule has 5 saturated heterocycles. The van der Waals surface area contributed by atoms with Gasteiger partial charge in [-0.25, -0.2) is 0 Å². The van der Waals surface area contributed by atoms with E-state index in [9.17, 15) is 71.5 Å². The van der Waals surface area contributed by atoms with Gasteiger partial charge in [0.05, 0.1) is 160 Å². The molecule has 406 valence electrons. The fourth-order valence-corrected chi connectivity index (χ4v) is 9.90. The summed E-state index contributed by atoms with van der Waals surface area (Å²) in [6.07, 6.45) is -24.8. The number of aliphatic hydroxyl groups is 14. The van der Waals surface area contributed by atoms with Crippen LogP contribution in [0, 0.1) is 29.6 Å². The molecule has 0 saturated carbocycles.